The summed E-state index contributed by atoms with van der Waals surface area (Å²) in [6, 6.07) is -6.96. The molecule has 0 aromatic heterocycles. The molecule has 0 bridgehead atoms. The van der Waals surface area contributed by atoms with E-state index >= 15 is 0 Å². The third-order valence-electron chi connectivity index (χ3n) is 20.4. The van der Waals surface area contributed by atoms with Crippen LogP contribution < -0.4 is 21.3 Å². The van der Waals surface area contributed by atoms with Gasteiger partial charge in [0.2, 0.25) is 23.6 Å². The first-order chi connectivity index (χ1) is 53.0. The molecule has 4 amide bonds. The Kier molecular flexibility index (Phi) is 33.1. The summed E-state index contributed by atoms with van der Waals surface area (Å²) < 4.78 is 98.4. The Morgan fingerprint density at radius 1 is 0.214 bits per heavy atom. The zero-order chi connectivity index (χ0) is 82.5. The number of amides is 4. The second-order valence-corrected chi connectivity index (χ2v) is 28.1. The van der Waals surface area contributed by atoms with Crippen molar-refractivity contribution in [2.24, 2.45) is 0 Å². The van der Waals surface area contributed by atoms with E-state index in [2.05, 4.69) is 21.3 Å². The molecule has 0 aromatic carbocycles. The van der Waals surface area contributed by atoms with Gasteiger partial charge in [-0.3, -0.25) is 19.2 Å². The molecule has 0 aliphatic carbocycles. The Bertz CT molecular complexity index is 2960. The summed E-state index contributed by atoms with van der Waals surface area (Å²) in [5.41, 5.74) is 0. The third-order valence-corrected chi connectivity index (χ3v) is 20.4. The Hall–Kier alpha value is -3.80. The predicted octanol–water partition coefficient (Wildman–Crippen LogP) is -20.1. The molecular weight excluding hydrogens is 1540 g/mol. The number of hydrogen-bond donors (Lipinski definition) is 29. The van der Waals surface area contributed by atoms with Crippen LogP contribution in [0.4, 0.5) is 0 Å². The van der Waals surface area contributed by atoms with E-state index in [1.54, 1.807) is 0 Å². The lowest BCUT2D eigenvalue weighted by Crippen LogP contribution is -2.71. The van der Waals surface area contributed by atoms with E-state index in [4.69, 9.17) is 80.5 Å². The molecule has 9 rings (SSSR count). The number of carbonyl (C=O) groups excluding carboxylic acids is 4. The van der Waals surface area contributed by atoms with Gasteiger partial charge in [-0.15, -0.1) is 0 Å². The van der Waals surface area contributed by atoms with Gasteiger partial charge in [-0.2, -0.15) is 0 Å². The van der Waals surface area contributed by atoms with E-state index in [-0.39, 0.29) is 0 Å². The molecule has 9 aliphatic heterocycles. The summed E-state index contributed by atoms with van der Waals surface area (Å²) in [6.45, 7) is -5.43. The number of rotatable bonds is 29. The van der Waals surface area contributed by atoms with Crippen molar-refractivity contribution in [3.63, 3.8) is 0 Å². The highest BCUT2D eigenvalue weighted by molar-refractivity contribution is 5.74. The number of aliphatic hydroxyl groups is 25. The van der Waals surface area contributed by atoms with Crippen LogP contribution in [0.5, 0.6) is 0 Å². The molecule has 50 heteroatoms. The molecule has 0 saturated carbocycles. The van der Waals surface area contributed by atoms with Crippen LogP contribution in [0.15, 0.2) is 0 Å². The Labute approximate surface area is 634 Å². The van der Waals surface area contributed by atoms with Crippen LogP contribution in [0.1, 0.15) is 27.7 Å². The average Bonchev–Trinajstić information content (AvgIpc) is 0.771. The summed E-state index contributed by atoms with van der Waals surface area (Å²) in [5.74, 6) is -3.36. The maximum Gasteiger partial charge on any atom is 0.217 e. The summed E-state index contributed by atoms with van der Waals surface area (Å²) >= 11 is 0. The molecule has 0 radical (unpaired) electrons. The summed E-state index contributed by atoms with van der Waals surface area (Å²) in [7, 11) is 0. The van der Waals surface area contributed by atoms with Crippen LogP contribution in [-0.2, 0) is 99.7 Å². The van der Waals surface area contributed by atoms with Crippen LogP contribution in [0.3, 0.4) is 0 Å². The van der Waals surface area contributed by atoms with E-state index < -0.39 is 359 Å². The zero-order valence-corrected chi connectivity index (χ0v) is 60.1. The molecule has 112 heavy (non-hydrogen) atoms. The molecule has 50 nitrogen and oxygen atoms in total. The second kappa shape index (κ2) is 40.3. The van der Waals surface area contributed by atoms with Gasteiger partial charge in [-0.25, -0.2) is 0 Å². The normalized spacial score (nSPS) is 48.9. The van der Waals surface area contributed by atoms with Gasteiger partial charge in [0.25, 0.3) is 0 Å². The minimum Gasteiger partial charge on any atom is -0.394 e. The molecule has 9 aliphatic rings. The molecule has 0 aromatic rings. The van der Waals surface area contributed by atoms with Crippen LogP contribution in [-0.4, -0.2) is 487 Å². The van der Waals surface area contributed by atoms with Crippen molar-refractivity contribution in [3.8, 4) is 0 Å². The molecule has 648 valence electrons. The number of aliphatic hydroxyl groups excluding tert-OH is 25. The van der Waals surface area contributed by atoms with Gasteiger partial charge in [-0.05, 0) is 0 Å². The number of hydrogen-bond acceptors (Lipinski definition) is 46. The lowest BCUT2D eigenvalue weighted by molar-refractivity contribution is -0.393. The van der Waals surface area contributed by atoms with Gasteiger partial charge < -0.3 is 229 Å². The predicted molar refractivity (Wildman–Crippen MR) is 343 cm³/mol. The van der Waals surface area contributed by atoms with Crippen LogP contribution >= 0.6 is 0 Å². The number of nitrogens with one attached hydrogen (secondary N) is 4. The van der Waals surface area contributed by atoms with Crippen LogP contribution in [0, 0.1) is 0 Å². The maximum atomic E-state index is 12.8. The molecule has 29 N–H and O–H groups in total. The van der Waals surface area contributed by atoms with E-state index in [0.717, 1.165) is 27.7 Å². The smallest absolute Gasteiger partial charge is 0.217 e. The molecule has 9 unspecified atom stereocenters. The monoisotopic (exact) mass is 1640 g/mol. The molecule has 9 heterocycles. The van der Waals surface area contributed by atoms with Gasteiger partial charge >= 0.3 is 0 Å². The van der Waals surface area contributed by atoms with Crippen molar-refractivity contribution in [1.82, 2.24) is 21.3 Å². The average molecular weight is 1640 g/mol. The largest absolute Gasteiger partial charge is 0.394 e. The first-order valence-electron chi connectivity index (χ1n) is 35.6. The molecule has 9 fully saturated rings. The molecular formula is C62H104N4O46. The second-order valence-electron chi connectivity index (χ2n) is 28.1. The lowest BCUT2D eigenvalue weighted by Gasteiger charge is -2.51. The SMILES string of the molecule is CC(=O)N[C@H]1C(O)O[C@H](CO)[C@@H](OC2O[C@H](CO)[C@@H](OC3O[C@H](CO)[C@@H](OC4O[C@H](CO)[C@@H](OC5O[C@H](CO)[C@@H](OC6O[C@H](CO)[C@@H](OC7O[C@H](CO)[C@@H](OC8O[C@H](CO)[C@H](OC9O[C@H](CO)[C@H](O)[C@H](O)[C@H]9O)[C@H](O)[C@H]8O)[C@H](O)[C@H]7NC(C)=O)[C@H](O)[C@H]6NC(C)=O)[C@H](O)[C@@H]5O)[C@H](O)[C@@H]4O)[C@H](O)[C@@H]3O)[C@H](O)[C@H]2NC(C)=O)[C@@H]1O. The Balaban J connectivity index is 0.823. The zero-order valence-electron chi connectivity index (χ0n) is 60.1. The van der Waals surface area contributed by atoms with Gasteiger partial charge in [0.15, 0.2) is 56.6 Å². The fourth-order valence-electron chi connectivity index (χ4n) is 14.6. The topological polar surface area (TPSA) is 779 Å². The fourth-order valence-corrected chi connectivity index (χ4v) is 14.6. The van der Waals surface area contributed by atoms with Gasteiger partial charge in [0.05, 0.1) is 59.5 Å². The van der Waals surface area contributed by atoms with E-state index in [1.165, 1.54) is 0 Å². The van der Waals surface area contributed by atoms with Crippen molar-refractivity contribution in [2.45, 2.75) is 304 Å². The lowest BCUT2D eigenvalue weighted by atomic mass is 9.93. The number of carbonyl (C=O) groups is 4. The van der Waals surface area contributed by atoms with Crippen molar-refractivity contribution >= 4 is 23.6 Å². The van der Waals surface area contributed by atoms with Crippen LogP contribution in [0.25, 0.3) is 0 Å². The van der Waals surface area contributed by atoms with Crippen molar-refractivity contribution in [3.05, 3.63) is 0 Å². The standard InChI is InChI=1S/C62H104N4O46/c1-14(76)63-27-32(81)46(19(6-68)96-54(27)95)105-55-29(65-16(3)78)34(83)48(21(8-70)99-55)108-60-44(93)39(88)52(25(12-74)103-60)112-62-45(94)40(89)53(26(13-75)104-62)111-61-42(91)37(86)50(23(10-72)101-61)107-57-28(64-15(2)77)33(82)47(20(7-69)98-57)106-56-30(66-17(4)79)35(84)49(22(9-71)100-56)109-59-43(92)38(87)51(24(11-73)102-59)110-58-41(90)36(85)31(80)18(5-67)97-58/h18-62,67-75,80-95H,5-13H2,1-4H3,(H,63,76)(H,64,77)(H,65,78)(H,66,79)/t18-,19-,20-,21-,22-,23-,24-,25-,26-,27-,28-,29-,30-,31+,32-,33-,34-,35-,36+,37-,38-,39-,40-,41-,42+,43-,44+,45+,46-,47-,48-,49-,50-,51+,52-,53-,54?,55?,56?,57?,58?,59?,60?,61?,62?/m1/s1. The minimum atomic E-state index is -2.33. The molecule has 45 atom stereocenters. The Morgan fingerprint density at radius 3 is 0.607 bits per heavy atom. The van der Waals surface area contributed by atoms with Crippen molar-refractivity contribution in [2.75, 3.05) is 59.5 Å². The van der Waals surface area contributed by atoms with E-state index in [0.29, 0.717) is 0 Å². The Morgan fingerprint density at radius 2 is 0.384 bits per heavy atom. The van der Waals surface area contributed by atoms with Gasteiger partial charge in [-0.1, -0.05) is 0 Å². The molecule has 9 saturated heterocycles. The molecule has 0 spiro atoms. The summed E-state index contributed by atoms with van der Waals surface area (Å²) in [6.07, 6.45) is -80.8. The number of ether oxygens (including phenoxy) is 17. The highest BCUT2D eigenvalue weighted by Gasteiger charge is 2.61. The van der Waals surface area contributed by atoms with E-state index in [1.807, 2.05) is 0 Å². The highest BCUT2D eigenvalue weighted by Crippen LogP contribution is 2.40. The van der Waals surface area contributed by atoms with Crippen LogP contribution in [0.2, 0.25) is 0 Å². The fraction of sp³-hybridized carbons (Fsp3) is 0.935. The first-order valence-corrected chi connectivity index (χ1v) is 35.6. The third kappa shape index (κ3) is 20.0. The summed E-state index contributed by atoms with van der Waals surface area (Å²) in [4.78, 5) is 50.0. The maximum absolute atomic E-state index is 12.8. The van der Waals surface area contributed by atoms with Gasteiger partial charge in [0, 0.05) is 27.7 Å². The van der Waals surface area contributed by atoms with Gasteiger partial charge in [0.1, 0.15) is 219 Å². The van der Waals surface area contributed by atoms with Crippen molar-refractivity contribution in [1.29, 1.82) is 0 Å². The van der Waals surface area contributed by atoms with Crippen molar-refractivity contribution < 1.29 is 227 Å². The quantitative estimate of drug-likeness (QED) is 0.0331. The summed E-state index contributed by atoms with van der Waals surface area (Å²) in [5, 5.41) is 284. The van der Waals surface area contributed by atoms with E-state index in [9.17, 15) is 147 Å². The highest BCUT2D eigenvalue weighted by atomic mass is 16.8. The minimum absolute atomic E-state index is 0.724. The first kappa shape index (κ1) is 92.1.